The fourth-order valence-electron chi connectivity index (χ4n) is 2.06. The molecule has 1 unspecified atom stereocenters. The van der Waals surface area contributed by atoms with Gasteiger partial charge in [0.15, 0.2) is 0 Å². The van der Waals surface area contributed by atoms with Gasteiger partial charge < -0.3 is 0 Å². The van der Waals surface area contributed by atoms with Crippen molar-refractivity contribution in [2.75, 3.05) is 13.2 Å². The van der Waals surface area contributed by atoms with E-state index in [1.165, 1.54) is 3.58 Å². The van der Waals surface area contributed by atoms with Gasteiger partial charge in [-0.2, -0.15) is 0 Å². The molecule has 0 spiro atoms. The van der Waals surface area contributed by atoms with E-state index in [0.29, 0.717) is 13.2 Å². The van der Waals surface area contributed by atoms with Gasteiger partial charge in [0.25, 0.3) is 0 Å². The first-order chi connectivity index (χ1) is 8.05. The predicted octanol–water partition coefficient (Wildman–Crippen LogP) is 2.06. The summed E-state index contributed by atoms with van der Waals surface area (Å²) in [6.07, 6.45) is 0. The van der Waals surface area contributed by atoms with E-state index in [-0.39, 0.29) is 6.04 Å². The van der Waals surface area contributed by atoms with Crippen LogP contribution in [0.25, 0.3) is 0 Å². The van der Waals surface area contributed by atoms with Crippen LogP contribution >= 0.6 is 0 Å². The summed E-state index contributed by atoms with van der Waals surface area (Å²) in [5, 5.41) is 0. The van der Waals surface area contributed by atoms with Gasteiger partial charge in [-0.25, -0.2) is 0 Å². The molecular weight excluding hydrogens is 321 g/mol. The molecule has 4 heteroatoms. The van der Waals surface area contributed by atoms with Crippen molar-refractivity contribution in [2.24, 2.45) is 5.73 Å². The van der Waals surface area contributed by atoms with E-state index < -0.39 is 19.2 Å². The molecule has 0 aliphatic carbocycles. The molecule has 17 heavy (non-hydrogen) atoms. The van der Waals surface area contributed by atoms with E-state index in [2.05, 4.69) is 17.1 Å². The van der Waals surface area contributed by atoms with Gasteiger partial charge >= 0.3 is 109 Å². The van der Waals surface area contributed by atoms with E-state index in [1.807, 2.05) is 32.9 Å². The van der Waals surface area contributed by atoms with Crippen LogP contribution in [0, 0.1) is 0 Å². The van der Waals surface area contributed by atoms with Gasteiger partial charge in [-0.05, 0) is 0 Å². The van der Waals surface area contributed by atoms with Crippen molar-refractivity contribution in [1.82, 2.24) is 0 Å². The molecule has 0 heterocycles. The molecule has 1 aromatic carbocycles. The van der Waals surface area contributed by atoms with E-state index in [4.69, 9.17) is 11.9 Å². The Morgan fingerprint density at radius 1 is 1.18 bits per heavy atom. The SMILES string of the molecule is CC[O][Sn]([CH3])([O]CC)[c]1ccccc1C(C)N. The molecule has 0 aromatic heterocycles. The summed E-state index contributed by atoms with van der Waals surface area (Å²) in [6, 6.07) is 8.26. The topological polar surface area (TPSA) is 44.5 Å². The van der Waals surface area contributed by atoms with E-state index in [1.54, 1.807) is 0 Å². The van der Waals surface area contributed by atoms with Crippen molar-refractivity contribution in [1.29, 1.82) is 0 Å². The van der Waals surface area contributed by atoms with Crippen molar-refractivity contribution in [3.63, 3.8) is 0 Å². The Hall–Kier alpha value is -0.101. The number of hydrogen-bond acceptors (Lipinski definition) is 3. The van der Waals surface area contributed by atoms with Gasteiger partial charge in [0.05, 0.1) is 0 Å². The van der Waals surface area contributed by atoms with Crippen molar-refractivity contribution in [3.05, 3.63) is 29.8 Å². The molecule has 0 aliphatic rings. The van der Waals surface area contributed by atoms with E-state index in [0.717, 1.165) is 5.56 Å². The van der Waals surface area contributed by atoms with Crippen LogP contribution in [0.2, 0.25) is 4.94 Å². The average molecular weight is 344 g/mol. The van der Waals surface area contributed by atoms with Crippen LogP contribution in [0.3, 0.4) is 0 Å². The maximum atomic E-state index is 6.03. The van der Waals surface area contributed by atoms with Crippen molar-refractivity contribution in [3.8, 4) is 0 Å². The van der Waals surface area contributed by atoms with Gasteiger partial charge in [0.2, 0.25) is 0 Å². The molecule has 3 nitrogen and oxygen atoms in total. The first kappa shape index (κ1) is 15.0. The quantitative estimate of drug-likeness (QED) is 0.804. The summed E-state index contributed by atoms with van der Waals surface area (Å²) >= 11 is -3.13. The molecule has 0 fully saturated rings. The van der Waals surface area contributed by atoms with Crippen molar-refractivity contribution >= 4 is 22.8 Å². The summed E-state index contributed by atoms with van der Waals surface area (Å²) < 4.78 is 13.2. The zero-order chi connectivity index (χ0) is 12.9. The molecule has 0 aliphatic heterocycles. The molecule has 0 saturated carbocycles. The first-order valence-corrected chi connectivity index (χ1v) is 12.8. The molecule has 0 radical (unpaired) electrons. The third kappa shape index (κ3) is 3.68. The van der Waals surface area contributed by atoms with Gasteiger partial charge in [0.1, 0.15) is 0 Å². The molecule has 0 bridgehead atoms. The Kier molecular flexibility index (Phi) is 5.92. The summed E-state index contributed by atoms with van der Waals surface area (Å²) in [4.78, 5) is 2.16. The fraction of sp³-hybridized carbons (Fsp3) is 0.538. The number of benzene rings is 1. The summed E-state index contributed by atoms with van der Waals surface area (Å²) in [7, 11) is 0. The number of nitrogens with two attached hydrogens (primary N) is 1. The minimum absolute atomic E-state index is 0.0168. The third-order valence-corrected chi connectivity index (χ3v) is 11.7. The third-order valence-electron chi connectivity index (χ3n) is 2.78. The maximum absolute atomic E-state index is 6.03. The summed E-state index contributed by atoms with van der Waals surface area (Å²) in [6.45, 7) is 7.42. The van der Waals surface area contributed by atoms with Crippen molar-refractivity contribution in [2.45, 2.75) is 31.8 Å². The van der Waals surface area contributed by atoms with Crippen LogP contribution < -0.4 is 9.31 Å². The number of rotatable bonds is 6. The fourth-order valence-corrected chi connectivity index (χ4v) is 9.85. The predicted molar refractivity (Wildman–Crippen MR) is 73.5 cm³/mol. The second-order valence-corrected chi connectivity index (χ2v) is 12.8. The van der Waals surface area contributed by atoms with Gasteiger partial charge in [-0.3, -0.25) is 0 Å². The van der Waals surface area contributed by atoms with Crippen molar-refractivity contribution < 1.29 is 6.15 Å². The second-order valence-electron chi connectivity index (χ2n) is 4.19. The standard InChI is InChI=1S/C8H10N.2C2H5O.CH3.Sn/c1-7(9)8-5-3-2-4-6-8;2*1-2-3;;/h2-5,7H,9H2,1H3;2*2H2,1H3;1H3;/q;2*-1;;+2. The second kappa shape index (κ2) is 6.73. The van der Waals surface area contributed by atoms with Gasteiger partial charge in [0, 0.05) is 0 Å². The zero-order valence-corrected chi connectivity index (χ0v) is 14.0. The summed E-state index contributed by atoms with van der Waals surface area (Å²) in [5.74, 6) is 0. The molecule has 2 N–H and O–H groups in total. The van der Waals surface area contributed by atoms with Gasteiger partial charge in [-0.1, -0.05) is 0 Å². The molecule has 1 rings (SSSR count). The average Bonchev–Trinajstić information content (AvgIpc) is 2.29. The van der Waals surface area contributed by atoms with E-state index in [9.17, 15) is 0 Å². The van der Waals surface area contributed by atoms with Crippen LogP contribution in [0.1, 0.15) is 32.4 Å². The van der Waals surface area contributed by atoms with Crippen LogP contribution in [-0.4, -0.2) is 32.4 Å². The normalized spacial score (nSPS) is 13.7. The number of hydrogen-bond donors (Lipinski definition) is 1. The Balaban J connectivity index is 3.17. The molecule has 0 saturated heterocycles. The molecule has 1 atom stereocenters. The van der Waals surface area contributed by atoms with Crippen LogP contribution in [0.15, 0.2) is 24.3 Å². The Morgan fingerprint density at radius 3 is 2.18 bits per heavy atom. The molecular formula is C13H23NO2Sn. The summed E-state index contributed by atoms with van der Waals surface area (Å²) in [5.41, 5.74) is 7.19. The Bertz CT molecular complexity index is 349. The monoisotopic (exact) mass is 345 g/mol. The van der Waals surface area contributed by atoms with Crippen LogP contribution in [-0.2, 0) is 6.15 Å². The molecule has 96 valence electrons. The Labute approximate surface area is 109 Å². The van der Waals surface area contributed by atoms with E-state index >= 15 is 0 Å². The van der Waals surface area contributed by atoms with Crippen LogP contribution in [0.4, 0.5) is 0 Å². The minimum atomic E-state index is -3.13. The van der Waals surface area contributed by atoms with Crippen LogP contribution in [0.5, 0.6) is 0 Å². The first-order valence-electron chi connectivity index (χ1n) is 6.18. The van der Waals surface area contributed by atoms with Gasteiger partial charge in [-0.15, -0.1) is 0 Å². The Morgan fingerprint density at radius 2 is 1.71 bits per heavy atom. The zero-order valence-electron chi connectivity index (χ0n) is 11.2. The molecule has 1 aromatic rings. The molecule has 0 amide bonds.